The second-order valence-corrected chi connectivity index (χ2v) is 12.2. The van der Waals surface area contributed by atoms with E-state index in [-0.39, 0.29) is 24.7 Å². The van der Waals surface area contributed by atoms with E-state index < -0.39 is 6.03 Å². The minimum atomic E-state index is -0.530. The lowest BCUT2D eigenvalue weighted by molar-refractivity contribution is -0.121. The third kappa shape index (κ3) is 7.04. The number of imide groups is 1. The number of amides is 3. The van der Waals surface area contributed by atoms with Crippen LogP contribution in [-0.4, -0.2) is 84.2 Å². The minimum Gasteiger partial charge on any atom is -0.388 e. The Morgan fingerprint density at radius 1 is 1.05 bits per heavy atom. The van der Waals surface area contributed by atoms with Crippen LogP contribution in [-0.2, 0) is 11.2 Å². The van der Waals surface area contributed by atoms with Crippen LogP contribution in [0.15, 0.2) is 47.4 Å². The van der Waals surface area contributed by atoms with Gasteiger partial charge in [-0.3, -0.25) is 20.4 Å². The molecule has 0 unspecified atom stereocenters. The number of hydrogen-bond acceptors (Lipinski definition) is 8. The van der Waals surface area contributed by atoms with Gasteiger partial charge in [-0.25, -0.2) is 9.10 Å². The van der Waals surface area contributed by atoms with Gasteiger partial charge < -0.3 is 16.0 Å². The molecule has 0 bridgehead atoms. The summed E-state index contributed by atoms with van der Waals surface area (Å²) in [5.74, 6) is 0.286. The zero-order valence-electron chi connectivity index (χ0n) is 23.3. The molecule has 10 heteroatoms. The molecular formula is C30H41N7O2S. The second kappa shape index (κ2) is 13.2. The van der Waals surface area contributed by atoms with Gasteiger partial charge in [-0.1, -0.05) is 18.2 Å². The highest BCUT2D eigenvalue weighted by Gasteiger charge is 2.28. The van der Waals surface area contributed by atoms with Crippen molar-refractivity contribution >= 4 is 35.4 Å². The summed E-state index contributed by atoms with van der Waals surface area (Å²) in [6.45, 7) is 5.55. The number of piperidine rings is 2. The SMILES string of the molecule is CNc1cc(C2CCN(CCc3cccc(SN4CCC(N)CC4)c3)CC2)ccc1C(=N)N1CCC(=O)NC1=O. The molecule has 5 rings (SSSR count). The molecule has 3 fully saturated rings. The molecule has 3 heterocycles. The summed E-state index contributed by atoms with van der Waals surface area (Å²) in [6, 6.07) is 15.0. The number of hydrogen-bond donors (Lipinski definition) is 4. The van der Waals surface area contributed by atoms with Crippen LogP contribution in [0.5, 0.6) is 0 Å². The lowest BCUT2D eigenvalue weighted by Crippen LogP contribution is -2.52. The van der Waals surface area contributed by atoms with E-state index in [1.165, 1.54) is 20.9 Å². The van der Waals surface area contributed by atoms with Crippen molar-refractivity contribution in [3.05, 3.63) is 59.2 Å². The molecule has 5 N–H and O–H groups in total. The molecule has 3 saturated heterocycles. The number of carbonyl (C=O) groups excluding carboxylic acids is 2. The molecule has 0 spiro atoms. The van der Waals surface area contributed by atoms with Crippen LogP contribution in [0, 0.1) is 5.41 Å². The zero-order chi connectivity index (χ0) is 28.1. The number of rotatable bonds is 8. The summed E-state index contributed by atoms with van der Waals surface area (Å²) in [4.78, 5) is 28.9. The fourth-order valence-electron chi connectivity index (χ4n) is 5.80. The van der Waals surface area contributed by atoms with E-state index in [0.717, 1.165) is 70.5 Å². The molecule has 3 amide bonds. The zero-order valence-corrected chi connectivity index (χ0v) is 24.1. The molecule has 2 aromatic carbocycles. The third-order valence-electron chi connectivity index (χ3n) is 8.30. The van der Waals surface area contributed by atoms with Crippen LogP contribution in [0.25, 0.3) is 0 Å². The quantitative estimate of drug-likeness (QED) is 0.219. The number of nitrogens with zero attached hydrogens (tertiary/aromatic N) is 3. The highest BCUT2D eigenvalue weighted by molar-refractivity contribution is 7.97. The van der Waals surface area contributed by atoms with E-state index in [4.69, 9.17) is 11.1 Å². The molecule has 0 radical (unpaired) electrons. The summed E-state index contributed by atoms with van der Waals surface area (Å²) in [5, 5.41) is 14.1. The highest BCUT2D eigenvalue weighted by atomic mass is 32.2. The van der Waals surface area contributed by atoms with Gasteiger partial charge in [0.05, 0.1) is 0 Å². The van der Waals surface area contributed by atoms with Gasteiger partial charge in [-0.05, 0) is 98.5 Å². The monoisotopic (exact) mass is 563 g/mol. The van der Waals surface area contributed by atoms with Crippen LogP contribution in [0.2, 0.25) is 0 Å². The molecule has 214 valence electrons. The van der Waals surface area contributed by atoms with Gasteiger partial charge in [-0.2, -0.15) is 0 Å². The lowest BCUT2D eigenvalue weighted by Gasteiger charge is -2.33. The number of anilines is 1. The summed E-state index contributed by atoms with van der Waals surface area (Å²) in [7, 11) is 1.84. The maximum absolute atomic E-state index is 12.2. The number of nitrogens with one attached hydrogen (secondary N) is 3. The smallest absolute Gasteiger partial charge is 0.329 e. The van der Waals surface area contributed by atoms with Gasteiger partial charge in [0.1, 0.15) is 5.84 Å². The Bertz CT molecular complexity index is 1220. The number of likely N-dealkylation sites (tertiary alicyclic amines) is 1. The van der Waals surface area contributed by atoms with E-state index >= 15 is 0 Å². The number of nitrogens with two attached hydrogens (primary N) is 1. The van der Waals surface area contributed by atoms with Gasteiger partial charge in [0.2, 0.25) is 5.91 Å². The highest BCUT2D eigenvalue weighted by Crippen LogP contribution is 2.32. The van der Waals surface area contributed by atoms with Crippen LogP contribution in [0.4, 0.5) is 10.5 Å². The molecule has 2 aromatic rings. The van der Waals surface area contributed by atoms with E-state index in [0.29, 0.717) is 17.5 Å². The second-order valence-electron chi connectivity index (χ2n) is 11.0. The first kappa shape index (κ1) is 28.6. The summed E-state index contributed by atoms with van der Waals surface area (Å²) >= 11 is 1.86. The summed E-state index contributed by atoms with van der Waals surface area (Å²) in [5.41, 5.74) is 10.2. The van der Waals surface area contributed by atoms with Crippen molar-refractivity contribution in [2.24, 2.45) is 5.73 Å². The Labute approximate surface area is 241 Å². The van der Waals surface area contributed by atoms with Crippen LogP contribution < -0.4 is 16.4 Å². The molecule has 40 heavy (non-hydrogen) atoms. The Morgan fingerprint density at radius 2 is 1.82 bits per heavy atom. The van der Waals surface area contributed by atoms with Crippen molar-refractivity contribution in [1.29, 1.82) is 5.41 Å². The van der Waals surface area contributed by atoms with Crippen molar-refractivity contribution in [3.8, 4) is 0 Å². The Balaban J connectivity index is 1.12. The molecule has 3 aliphatic rings. The molecule has 0 aromatic heterocycles. The van der Waals surface area contributed by atoms with E-state index in [1.54, 1.807) is 0 Å². The lowest BCUT2D eigenvalue weighted by atomic mass is 9.88. The Kier molecular flexibility index (Phi) is 9.41. The first-order valence-electron chi connectivity index (χ1n) is 14.4. The summed E-state index contributed by atoms with van der Waals surface area (Å²) < 4.78 is 2.44. The Hall–Kier alpha value is -2.92. The predicted octanol–water partition coefficient (Wildman–Crippen LogP) is 3.85. The predicted molar refractivity (Wildman–Crippen MR) is 161 cm³/mol. The van der Waals surface area contributed by atoms with Gasteiger partial charge >= 0.3 is 6.03 Å². The van der Waals surface area contributed by atoms with Crippen molar-refractivity contribution in [2.45, 2.75) is 55.4 Å². The van der Waals surface area contributed by atoms with Crippen LogP contribution >= 0.6 is 11.9 Å². The topological polar surface area (TPSA) is 118 Å². The summed E-state index contributed by atoms with van der Waals surface area (Å²) in [6.07, 6.45) is 5.62. The number of urea groups is 1. The largest absolute Gasteiger partial charge is 0.388 e. The standard InChI is InChI=1S/C30H41N7O2S/c1-33-27-20-23(5-6-26(27)29(32)37-18-12-28(38)34-30(37)39)22-8-14-35(15-9-22)13-7-21-3-2-4-25(19-21)40-36-16-10-24(31)11-17-36/h2-6,19-20,22,24,32-33H,7-18,31H2,1H3,(H,34,38,39). The van der Waals surface area contributed by atoms with Gasteiger partial charge in [-0.15, -0.1) is 0 Å². The maximum atomic E-state index is 12.2. The number of amidine groups is 1. The van der Waals surface area contributed by atoms with Crippen molar-refractivity contribution in [3.63, 3.8) is 0 Å². The number of carbonyl (C=O) groups is 2. The average Bonchev–Trinajstić information content (AvgIpc) is 2.97. The van der Waals surface area contributed by atoms with E-state index in [9.17, 15) is 9.59 Å². The molecule has 0 saturated carbocycles. The third-order valence-corrected chi connectivity index (χ3v) is 9.39. The van der Waals surface area contributed by atoms with Gasteiger partial charge in [0, 0.05) is 61.8 Å². The van der Waals surface area contributed by atoms with Crippen LogP contribution in [0.3, 0.4) is 0 Å². The first-order valence-corrected chi connectivity index (χ1v) is 15.2. The van der Waals surface area contributed by atoms with Gasteiger partial charge in [0.25, 0.3) is 0 Å². The minimum absolute atomic E-state index is 0.110. The van der Waals surface area contributed by atoms with Gasteiger partial charge in [0.15, 0.2) is 0 Å². The van der Waals surface area contributed by atoms with E-state index in [2.05, 4.69) is 56.2 Å². The normalized spacial score (nSPS) is 20.0. The molecule has 0 aliphatic carbocycles. The van der Waals surface area contributed by atoms with Crippen molar-refractivity contribution in [2.75, 3.05) is 51.6 Å². The molecule has 0 atom stereocenters. The molecular weight excluding hydrogens is 522 g/mol. The Morgan fingerprint density at radius 3 is 2.55 bits per heavy atom. The fraction of sp³-hybridized carbons (Fsp3) is 0.500. The number of benzene rings is 2. The maximum Gasteiger partial charge on any atom is 0.329 e. The molecule has 9 nitrogen and oxygen atoms in total. The molecule has 3 aliphatic heterocycles. The first-order chi connectivity index (χ1) is 19.4. The van der Waals surface area contributed by atoms with Crippen LogP contribution in [0.1, 0.15) is 54.7 Å². The van der Waals surface area contributed by atoms with E-state index in [1.807, 2.05) is 25.1 Å². The van der Waals surface area contributed by atoms with Crippen molar-refractivity contribution < 1.29 is 9.59 Å². The average molecular weight is 564 g/mol. The fourth-order valence-corrected chi connectivity index (χ4v) is 6.84. The van der Waals surface area contributed by atoms with Crippen molar-refractivity contribution in [1.82, 2.24) is 19.4 Å².